The van der Waals surface area contributed by atoms with Gasteiger partial charge in [-0.15, -0.1) is 0 Å². The molecule has 0 saturated heterocycles. The van der Waals surface area contributed by atoms with E-state index in [1.807, 2.05) is 6.07 Å². The van der Waals surface area contributed by atoms with Gasteiger partial charge in [0.1, 0.15) is 5.82 Å². The number of aromatic nitrogens is 3. The number of anilines is 1. The average Bonchev–Trinajstić information content (AvgIpc) is 2.70. The maximum atomic E-state index is 12.9. The van der Waals surface area contributed by atoms with Crippen molar-refractivity contribution < 1.29 is 13.2 Å². The van der Waals surface area contributed by atoms with Crippen LogP contribution in [0, 0.1) is 0 Å². The first kappa shape index (κ1) is 18.7. The maximum absolute atomic E-state index is 12.9. The molecule has 0 fully saturated rings. The molecule has 0 aliphatic carbocycles. The molecule has 2 aromatic carbocycles. The molecule has 0 spiro atoms. The standard InChI is InChI=1S/C21H15F3N4O/c22-21(23,24)16-5-1-13(2-6-16)11-28-12-27-18-7-3-14(9-17(18)20(28)29)15-4-8-19(25)26-10-15/h1-10,12H,11H2,(H2,25,26). The van der Waals surface area contributed by atoms with E-state index in [0.29, 0.717) is 22.3 Å². The number of halogens is 3. The minimum atomic E-state index is -4.40. The predicted octanol–water partition coefficient (Wildman–Crippen LogP) is 4.11. The molecule has 0 aliphatic rings. The third-order valence-corrected chi connectivity index (χ3v) is 4.58. The molecule has 4 aromatic rings. The van der Waals surface area contributed by atoms with Crippen LogP contribution in [0.4, 0.5) is 19.0 Å². The zero-order valence-electron chi connectivity index (χ0n) is 15.0. The zero-order chi connectivity index (χ0) is 20.6. The van der Waals surface area contributed by atoms with E-state index >= 15 is 0 Å². The van der Waals surface area contributed by atoms with Crippen LogP contribution >= 0.6 is 0 Å². The third kappa shape index (κ3) is 3.82. The van der Waals surface area contributed by atoms with Crippen LogP contribution in [0.15, 0.2) is 71.9 Å². The second-order valence-electron chi connectivity index (χ2n) is 6.58. The molecular formula is C21H15F3N4O. The first-order valence-corrected chi connectivity index (χ1v) is 8.68. The zero-order valence-corrected chi connectivity index (χ0v) is 15.0. The van der Waals surface area contributed by atoms with Crippen LogP contribution in [0.5, 0.6) is 0 Å². The normalized spacial score (nSPS) is 11.7. The first-order valence-electron chi connectivity index (χ1n) is 8.68. The summed E-state index contributed by atoms with van der Waals surface area (Å²) in [6.45, 7) is 0.119. The maximum Gasteiger partial charge on any atom is 0.416 e. The molecule has 2 heterocycles. The molecule has 0 saturated carbocycles. The van der Waals surface area contributed by atoms with Crippen molar-refractivity contribution in [2.45, 2.75) is 12.7 Å². The molecule has 2 aromatic heterocycles. The largest absolute Gasteiger partial charge is 0.416 e. The SMILES string of the molecule is Nc1ccc(-c2ccc3ncn(Cc4ccc(C(F)(F)F)cc4)c(=O)c3c2)cn1. The van der Waals surface area contributed by atoms with Gasteiger partial charge in [0.15, 0.2) is 0 Å². The van der Waals surface area contributed by atoms with Gasteiger partial charge in [-0.2, -0.15) is 13.2 Å². The summed E-state index contributed by atoms with van der Waals surface area (Å²) < 4.78 is 39.5. The average molecular weight is 396 g/mol. The molecule has 0 radical (unpaired) electrons. The Balaban J connectivity index is 1.69. The van der Waals surface area contributed by atoms with Gasteiger partial charge in [0, 0.05) is 11.8 Å². The van der Waals surface area contributed by atoms with Gasteiger partial charge in [0.2, 0.25) is 0 Å². The minimum Gasteiger partial charge on any atom is -0.384 e. The van der Waals surface area contributed by atoms with Crippen molar-refractivity contribution in [1.29, 1.82) is 0 Å². The van der Waals surface area contributed by atoms with Crippen molar-refractivity contribution in [2.24, 2.45) is 0 Å². The monoisotopic (exact) mass is 396 g/mol. The number of rotatable bonds is 3. The van der Waals surface area contributed by atoms with Gasteiger partial charge in [-0.1, -0.05) is 18.2 Å². The minimum absolute atomic E-state index is 0.119. The van der Waals surface area contributed by atoms with E-state index in [1.54, 1.807) is 30.5 Å². The predicted molar refractivity (Wildman–Crippen MR) is 104 cm³/mol. The Bertz CT molecular complexity index is 1230. The van der Waals surface area contributed by atoms with Gasteiger partial charge in [-0.05, 0) is 47.5 Å². The molecule has 29 heavy (non-hydrogen) atoms. The van der Waals surface area contributed by atoms with Gasteiger partial charge >= 0.3 is 6.18 Å². The number of hydrogen-bond acceptors (Lipinski definition) is 4. The molecule has 5 nitrogen and oxygen atoms in total. The van der Waals surface area contributed by atoms with Crippen molar-refractivity contribution in [3.8, 4) is 11.1 Å². The summed E-state index contributed by atoms with van der Waals surface area (Å²) in [6.07, 6.45) is -1.38. The number of hydrogen-bond donors (Lipinski definition) is 1. The summed E-state index contributed by atoms with van der Waals surface area (Å²) in [5.41, 5.74) is 7.30. The van der Waals surface area contributed by atoms with Crippen molar-refractivity contribution in [1.82, 2.24) is 14.5 Å². The quantitative estimate of drug-likeness (QED) is 0.566. The van der Waals surface area contributed by atoms with Crippen molar-refractivity contribution in [3.63, 3.8) is 0 Å². The van der Waals surface area contributed by atoms with Crippen LogP contribution in [0.2, 0.25) is 0 Å². The van der Waals surface area contributed by atoms with Gasteiger partial charge in [-0.3, -0.25) is 9.36 Å². The fourth-order valence-corrected chi connectivity index (χ4v) is 3.02. The summed E-state index contributed by atoms with van der Waals surface area (Å²) in [7, 11) is 0. The number of fused-ring (bicyclic) bond motifs is 1. The molecule has 146 valence electrons. The highest BCUT2D eigenvalue weighted by atomic mass is 19.4. The molecule has 0 unspecified atom stereocenters. The van der Waals surface area contributed by atoms with Crippen LogP contribution in [0.25, 0.3) is 22.0 Å². The Morgan fingerprint density at radius 3 is 2.31 bits per heavy atom. The highest BCUT2D eigenvalue weighted by Gasteiger charge is 2.29. The van der Waals surface area contributed by atoms with Gasteiger partial charge < -0.3 is 5.73 Å². The van der Waals surface area contributed by atoms with Crippen LogP contribution in [-0.2, 0) is 12.7 Å². The smallest absolute Gasteiger partial charge is 0.384 e. The number of nitrogen functional groups attached to an aromatic ring is 1. The molecule has 2 N–H and O–H groups in total. The van der Waals surface area contributed by atoms with E-state index in [0.717, 1.165) is 23.3 Å². The summed E-state index contributed by atoms with van der Waals surface area (Å²) in [6, 6.07) is 13.5. The van der Waals surface area contributed by atoms with Crippen LogP contribution in [0.3, 0.4) is 0 Å². The lowest BCUT2D eigenvalue weighted by Gasteiger charge is -2.10. The van der Waals surface area contributed by atoms with Crippen LogP contribution in [0.1, 0.15) is 11.1 Å². The van der Waals surface area contributed by atoms with Crippen LogP contribution in [-0.4, -0.2) is 14.5 Å². The Morgan fingerprint density at radius 2 is 1.66 bits per heavy atom. The lowest BCUT2D eigenvalue weighted by atomic mass is 10.1. The Hall–Kier alpha value is -3.68. The van der Waals surface area contributed by atoms with Crippen molar-refractivity contribution >= 4 is 16.7 Å². The first-order chi connectivity index (χ1) is 13.8. The highest BCUT2D eigenvalue weighted by molar-refractivity contribution is 5.83. The van der Waals surface area contributed by atoms with E-state index in [1.165, 1.54) is 23.0 Å². The number of pyridine rings is 1. The number of alkyl halides is 3. The van der Waals surface area contributed by atoms with Crippen molar-refractivity contribution in [3.05, 3.63) is 88.6 Å². The van der Waals surface area contributed by atoms with Crippen molar-refractivity contribution in [2.75, 3.05) is 5.73 Å². The highest BCUT2D eigenvalue weighted by Crippen LogP contribution is 2.29. The fourth-order valence-electron chi connectivity index (χ4n) is 3.02. The second kappa shape index (κ2) is 7.05. The van der Waals surface area contributed by atoms with E-state index in [-0.39, 0.29) is 12.1 Å². The fraction of sp³-hybridized carbons (Fsp3) is 0.0952. The number of benzene rings is 2. The van der Waals surface area contributed by atoms with Gasteiger partial charge in [0.05, 0.1) is 29.3 Å². The molecule has 0 atom stereocenters. The second-order valence-corrected chi connectivity index (χ2v) is 6.58. The lowest BCUT2D eigenvalue weighted by Crippen LogP contribution is -2.21. The molecular weight excluding hydrogens is 381 g/mol. The van der Waals surface area contributed by atoms with E-state index in [9.17, 15) is 18.0 Å². The van der Waals surface area contributed by atoms with E-state index in [4.69, 9.17) is 5.73 Å². The Morgan fingerprint density at radius 1 is 0.931 bits per heavy atom. The van der Waals surface area contributed by atoms with Crippen LogP contribution < -0.4 is 11.3 Å². The molecule has 0 amide bonds. The number of nitrogens with two attached hydrogens (primary N) is 1. The lowest BCUT2D eigenvalue weighted by molar-refractivity contribution is -0.137. The Labute approximate surface area is 163 Å². The molecule has 0 aliphatic heterocycles. The third-order valence-electron chi connectivity index (χ3n) is 4.58. The number of nitrogens with zero attached hydrogens (tertiary/aromatic N) is 3. The van der Waals surface area contributed by atoms with Gasteiger partial charge in [-0.25, -0.2) is 9.97 Å². The topological polar surface area (TPSA) is 73.8 Å². The van der Waals surface area contributed by atoms with Gasteiger partial charge in [0.25, 0.3) is 5.56 Å². The molecule has 0 bridgehead atoms. The Kier molecular flexibility index (Phi) is 4.54. The molecule has 8 heteroatoms. The van der Waals surface area contributed by atoms with E-state index < -0.39 is 11.7 Å². The summed E-state index contributed by atoms with van der Waals surface area (Å²) in [5.74, 6) is 0.398. The summed E-state index contributed by atoms with van der Waals surface area (Å²) >= 11 is 0. The summed E-state index contributed by atoms with van der Waals surface area (Å²) in [4.78, 5) is 21.2. The molecule has 4 rings (SSSR count). The van der Waals surface area contributed by atoms with E-state index in [2.05, 4.69) is 9.97 Å². The summed E-state index contributed by atoms with van der Waals surface area (Å²) in [5, 5.41) is 0.411.